The minimum atomic E-state index is -4.59. The summed E-state index contributed by atoms with van der Waals surface area (Å²) in [5.41, 5.74) is 1.23. The van der Waals surface area contributed by atoms with Crippen molar-refractivity contribution in [3.05, 3.63) is 82.4 Å². The van der Waals surface area contributed by atoms with E-state index in [0.29, 0.717) is 5.69 Å². The van der Waals surface area contributed by atoms with E-state index in [0.717, 1.165) is 29.3 Å². The number of sulfonamides is 1. The molecule has 0 bridgehead atoms. The van der Waals surface area contributed by atoms with Crippen LogP contribution in [-0.2, 0) is 21.0 Å². The van der Waals surface area contributed by atoms with Crippen molar-refractivity contribution in [2.75, 3.05) is 16.6 Å². The zero-order chi connectivity index (χ0) is 25.1. The van der Waals surface area contributed by atoms with Gasteiger partial charge in [0, 0.05) is 5.69 Å². The Morgan fingerprint density at radius 3 is 2.26 bits per heavy atom. The molecule has 0 saturated carbocycles. The molecule has 0 unspecified atom stereocenters. The van der Waals surface area contributed by atoms with Crippen molar-refractivity contribution in [2.24, 2.45) is 0 Å². The first-order valence-electron chi connectivity index (χ1n) is 9.85. The lowest BCUT2D eigenvalue weighted by atomic mass is 10.1. The van der Waals surface area contributed by atoms with Gasteiger partial charge in [0.05, 0.1) is 21.2 Å². The summed E-state index contributed by atoms with van der Waals surface area (Å²) in [5.74, 6) is -0.551. The highest BCUT2D eigenvalue weighted by Gasteiger charge is 2.31. The van der Waals surface area contributed by atoms with Crippen LogP contribution in [0.1, 0.15) is 16.7 Å². The van der Waals surface area contributed by atoms with E-state index >= 15 is 0 Å². The summed E-state index contributed by atoms with van der Waals surface area (Å²) in [6.45, 7) is 3.26. The van der Waals surface area contributed by atoms with E-state index in [-0.39, 0.29) is 21.4 Å². The first kappa shape index (κ1) is 25.4. The smallest absolute Gasteiger partial charge is 0.416 e. The Kier molecular flexibility index (Phi) is 7.42. The topological polar surface area (TPSA) is 84.5 Å². The lowest BCUT2D eigenvalue weighted by molar-refractivity contribution is -0.137. The molecule has 6 nitrogen and oxygen atoms in total. The predicted molar refractivity (Wildman–Crippen MR) is 124 cm³/mol. The maximum Gasteiger partial charge on any atom is 0.416 e. The van der Waals surface area contributed by atoms with Gasteiger partial charge < -0.3 is 10.1 Å². The van der Waals surface area contributed by atoms with Crippen molar-refractivity contribution in [2.45, 2.75) is 24.9 Å². The minimum absolute atomic E-state index is 0.0155. The van der Waals surface area contributed by atoms with Crippen LogP contribution in [-0.4, -0.2) is 20.9 Å². The van der Waals surface area contributed by atoms with Crippen LogP contribution < -0.4 is 14.8 Å². The fourth-order valence-corrected chi connectivity index (χ4v) is 4.08. The van der Waals surface area contributed by atoms with Gasteiger partial charge in [0.15, 0.2) is 6.61 Å². The molecule has 0 radical (unpaired) electrons. The van der Waals surface area contributed by atoms with Gasteiger partial charge in [-0.2, -0.15) is 13.2 Å². The number of aryl methyl sites for hydroxylation is 2. The molecule has 34 heavy (non-hydrogen) atoms. The van der Waals surface area contributed by atoms with Crippen LogP contribution in [0.4, 0.5) is 24.5 Å². The van der Waals surface area contributed by atoms with Crippen molar-refractivity contribution < 1.29 is 31.1 Å². The third-order valence-corrected chi connectivity index (χ3v) is 6.56. The van der Waals surface area contributed by atoms with Crippen LogP contribution in [0.15, 0.2) is 65.6 Å². The van der Waals surface area contributed by atoms with Crippen LogP contribution in [0.25, 0.3) is 0 Å². The average Bonchev–Trinajstić information content (AvgIpc) is 2.76. The number of halogens is 4. The third-order valence-electron chi connectivity index (χ3n) is 4.83. The number of amides is 1. The van der Waals surface area contributed by atoms with Crippen molar-refractivity contribution in [1.82, 2.24) is 0 Å². The summed E-state index contributed by atoms with van der Waals surface area (Å²) >= 11 is 5.86. The number of anilines is 2. The fourth-order valence-electron chi connectivity index (χ4n) is 2.87. The largest absolute Gasteiger partial charge is 0.484 e. The molecule has 3 rings (SSSR count). The maximum atomic E-state index is 12.9. The Bertz CT molecular complexity index is 1310. The molecule has 0 saturated heterocycles. The molecule has 0 fully saturated rings. The number of ether oxygens (including phenoxy) is 1. The molecule has 0 aromatic heterocycles. The molecule has 0 aliphatic rings. The highest BCUT2D eigenvalue weighted by molar-refractivity contribution is 7.92. The summed E-state index contributed by atoms with van der Waals surface area (Å²) in [6.07, 6.45) is -4.59. The zero-order valence-electron chi connectivity index (χ0n) is 18.0. The molecule has 3 aromatic carbocycles. The van der Waals surface area contributed by atoms with Crippen LogP contribution >= 0.6 is 11.6 Å². The zero-order valence-corrected chi connectivity index (χ0v) is 19.6. The lowest BCUT2D eigenvalue weighted by Crippen LogP contribution is -2.21. The van der Waals surface area contributed by atoms with Gasteiger partial charge >= 0.3 is 6.18 Å². The highest BCUT2D eigenvalue weighted by Crippen LogP contribution is 2.33. The van der Waals surface area contributed by atoms with Crippen LogP contribution in [0, 0.1) is 13.8 Å². The standard InChI is InChI=1S/C23H20ClF3N2O4S/c1-14-3-5-17(11-15(14)2)29-34(31,32)19-8-6-18(7-9-19)33-13-22(30)28-21-12-16(23(25,26)27)4-10-20(21)24/h3-12,29H,13H2,1-2H3,(H,28,30). The average molecular weight is 513 g/mol. The number of alkyl halides is 3. The number of hydrogen-bond donors (Lipinski definition) is 2. The Morgan fingerprint density at radius 1 is 0.971 bits per heavy atom. The number of benzene rings is 3. The normalized spacial score (nSPS) is 11.7. The first-order valence-corrected chi connectivity index (χ1v) is 11.7. The molecule has 0 heterocycles. The molecule has 0 spiro atoms. The Labute approximate surface area is 199 Å². The Balaban J connectivity index is 1.61. The molecule has 3 aromatic rings. The van der Waals surface area contributed by atoms with E-state index in [9.17, 15) is 26.4 Å². The van der Waals surface area contributed by atoms with Gasteiger partial charge in [-0.05, 0) is 79.6 Å². The summed E-state index contributed by atoms with van der Waals surface area (Å²) in [4.78, 5) is 12.1. The van der Waals surface area contributed by atoms with Gasteiger partial charge in [-0.3, -0.25) is 9.52 Å². The summed E-state index contributed by atoms with van der Waals surface area (Å²) in [6, 6.07) is 13.1. The third kappa shape index (κ3) is 6.42. The van der Waals surface area contributed by atoms with Crippen LogP contribution in [0.5, 0.6) is 5.75 Å². The first-order chi connectivity index (χ1) is 15.8. The molecular formula is C23H20ClF3N2O4S. The molecule has 0 aliphatic carbocycles. The van der Waals surface area contributed by atoms with Crippen molar-refractivity contribution >= 4 is 38.9 Å². The van der Waals surface area contributed by atoms with Gasteiger partial charge in [-0.25, -0.2) is 8.42 Å². The van der Waals surface area contributed by atoms with Gasteiger partial charge in [0.25, 0.3) is 15.9 Å². The fraction of sp³-hybridized carbons (Fsp3) is 0.174. The number of carbonyl (C=O) groups excluding carboxylic acids is 1. The molecule has 0 atom stereocenters. The molecular weight excluding hydrogens is 493 g/mol. The van der Waals surface area contributed by atoms with Crippen molar-refractivity contribution in [3.63, 3.8) is 0 Å². The molecule has 0 aliphatic heterocycles. The lowest BCUT2D eigenvalue weighted by Gasteiger charge is -2.12. The monoisotopic (exact) mass is 512 g/mol. The van der Waals surface area contributed by atoms with Gasteiger partial charge in [-0.15, -0.1) is 0 Å². The van der Waals surface area contributed by atoms with E-state index in [1.807, 2.05) is 19.9 Å². The van der Waals surface area contributed by atoms with E-state index < -0.39 is 34.3 Å². The maximum absolute atomic E-state index is 12.9. The van der Waals surface area contributed by atoms with Crippen LogP contribution in [0.3, 0.4) is 0 Å². The second kappa shape index (κ2) is 9.94. The predicted octanol–water partition coefficient (Wildman–Crippen LogP) is 5.79. The van der Waals surface area contributed by atoms with Gasteiger partial charge in [-0.1, -0.05) is 17.7 Å². The number of rotatable bonds is 7. The van der Waals surface area contributed by atoms with Crippen molar-refractivity contribution in [3.8, 4) is 5.75 Å². The summed E-state index contributed by atoms with van der Waals surface area (Å²) in [5, 5.41) is 2.20. The second-order valence-corrected chi connectivity index (χ2v) is 9.49. The number of carbonyl (C=O) groups is 1. The number of nitrogens with one attached hydrogen (secondary N) is 2. The molecule has 1 amide bonds. The van der Waals surface area contributed by atoms with Crippen LogP contribution in [0.2, 0.25) is 5.02 Å². The van der Waals surface area contributed by atoms with Gasteiger partial charge in [0.1, 0.15) is 5.75 Å². The Morgan fingerprint density at radius 2 is 1.65 bits per heavy atom. The summed E-state index contributed by atoms with van der Waals surface area (Å²) < 4.78 is 71.5. The molecule has 11 heteroatoms. The van der Waals surface area contributed by atoms with Gasteiger partial charge in [0.2, 0.25) is 0 Å². The molecule has 180 valence electrons. The quantitative estimate of drug-likeness (QED) is 0.419. The van der Waals surface area contributed by atoms with E-state index in [1.165, 1.54) is 24.3 Å². The Hall–Kier alpha value is -3.24. The van der Waals surface area contributed by atoms with E-state index in [4.69, 9.17) is 16.3 Å². The molecule has 2 N–H and O–H groups in total. The summed E-state index contributed by atoms with van der Waals surface area (Å²) in [7, 11) is -3.84. The van der Waals surface area contributed by atoms with E-state index in [1.54, 1.807) is 12.1 Å². The SMILES string of the molecule is Cc1ccc(NS(=O)(=O)c2ccc(OCC(=O)Nc3cc(C(F)(F)F)ccc3Cl)cc2)cc1C. The minimum Gasteiger partial charge on any atom is -0.484 e. The number of hydrogen-bond acceptors (Lipinski definition) is 4. The highest BCUT2D eigenvalue weighted by atomic mass is 35.5. The van der Waals surface area contributed by atoms with E-state index in [2.05, 4.69) is 10.0 Å². The second-order valence-electron chi connectivity index (χ2n) is 7.41. The van der Waals surface area contributed by atoms with Crippen molar-refractivity contribution in [1.29, 1.82) is 0 Å².